The number of benzene rings is 3. The van der Waals surface area contributed by atoms with Crippen LogP contribution in [0, 0.1) is 0 Å². The number of hydrazine groups is 1. The number of hydrogen-bond acceptors (Lipinski definition) is 3. The number of halogens is 1. The smallest absolute Gasteiger partial charge is 0.256 e. The molecule has 4 nitrogen and oxygen atoms in total. The van der Waals surface area contributed by atoms with Crippen LogP contribution in [0.1, 0.15) is 28.3 Å². The van der Waals surface area contributed by atoms with Gasteiger partial charge in [0.15, 0.2) is 0 Å². The quantitative estimate of drug-likeness (QED) is 0.508. The molecule has 142 valence electrons. The summed E-state index contributed by atoms with van der Waals surface area (Å²) in [5.74, 6) is -0.0710. The first-order chi connectivity index (χ1) is 14.2. The Balaban J connectivity index is 1.42. The van der Waals surface area contributed by atoms with Gasteiger partial charge in [-0.05, 0) is 41.0 Å². The second-order valence-electron chi connectivity index (χ2n) is 7.03. The Morgan fingerprint density at radius 1 is 0.931 bits per heavy atom. The molecule has 2 aliphatic rings. The van der Waals surface area contributed by atoms with Crippen LogP contribution in [-0.4, -0.2) is 5.91 Å². The first kappa shape index (κ1) is 17.7. The van der Waals surface area contributed by atoms with E-state index in [4.69, 9.17) is 11.6 Å². The van der Waals surface area contributed by atoms with Gasteiger partial charge in [0.05, 0.1) is 11.7 Å². The van der Waals surface area contributed by atoms with Crippen molar-refractivity contribution < 1.29 is 4.79 Å². The second kappa shape index (κ2) is 7.24. The van der Waals surface area contributed by atoms with Gasteiger partial charge in [-0.3, -0.25) is 4.79 Å². The summed E-state index contributed by atoms with van der Waals surface area (Å²) in [6.45, 7) is 0. The predicted octanol–water partition coefficient (Wildman–Crippen LogP) is 5.52. The predicted molar refractivity (Wildman–Crippen MR) is 119 cm³/mol. The van der Waals surface area contributed by atoms with E-state index in [1.807, 2.05) is 72.8 Å². The average Bonchev–Trinajstić information content (AvgIpc) is 3.28. The monoisotopic (exact) mass is 399 g/mol. The van der Waals surface area contributed by atoms with E-state index in [0.717, 1.165) is 38.7 Å². The van der Waals surface area contributed by atoms with E-state index in [9.17, 15) is 4.79 Å². The minimum Gasteiger partial charge on any atom is -0.321 e. The summed E-state index contributed by atoms with van der Waals surface area (Å²) in [7, 11) is 0. The summed E-state index contributed by atoms with van der Waals surface area (Å²) in [6.07, 6.45) is 6.03. The fourth-order valence-electron chi connectivity index (χ4n) is 3.69. The molecule has 2 heterocycles. The summed E-state index contributed by atoms with van der Waals surface area (Å²) in [5.41, 5.74) is 13.1. The third kappa shape index (κ3) is 3.33. The highest BCUT2D eigenvalue weighted by Gasteiger charge is 2.24. The van der Waals surface area contributed by atoms with Crippen molar-refractivity contribution in [1.29, 1.82) is 0 Å². The maximum atomic E-state index is 12.3. The lowest BCUT2D eigenvalue weighted by atomic mass is 10.00. The molecular weight excluding hydrogens is 382 g/mol. The molecular formula is C24H18ClN3O. The third-order valence-corrected chi connectivity index (χ3v) is 5.51. The molecule has 0 bridgehead atoms. The molecule has 1 amide bonds. The van der Waals surface area contributed by atoms with E-state index in [1.165, 1.54) is 0 Å². The SMILES string of the molecule is O=C1Nc2ccccc2C1=Cc1ccc2c(c1)NNC2C=Cc1ccccc1Cl. The van der Waals surface area contributed by atoms with Gasteiger partial charge < -0.3 is 10.7 Å². The molecule has 0 aliphatic carbocycles. The molecule has 1 atom stereocenters. The van der Waals surface area contributed by atoms with Gasteiger partial charge in [0.25, 0.3) is 5.91 Å². The number of carbonyl (C=O) groups is 1. The van der Waals surface area contributed by atoms with E-state index in [1.54, 1.807) is 0 Å². The molecule has 5 rings (SSSR count). The number of nitrogens with one attached hydrogen (secondary N) is 3. The largest absolute Gasteiger partial charge is 0.321 e. The number of carbonyl (C=O) groups excluding carboxylic acids is 1. The van der Waals surface area contributed by atoms with Crippen LogP contribution < -0.4 is 16.2 Å². The second-order valence-corrected chi connectivity index (χ2v) is 7.44. The van der Waals surface area contributed by atoms with Gasteiger partial charge >= 0.3 is 0 Å². The van der Waals surface area contributed by atoms with Crippen LogP contribution in [0.5, 0.6) is 0 Å². The molecule has 3 aromatic carbocycles. The van der Waals surface area contributed by atoms with Crippen molar-refractivity contribution >= 4 is 46.6 Å². The Bertz CT molecular complexity index is 1180. The number of anilines is 2. The molecule has 3 N–H and O–H groups in total. The van der Waals surface area contributed by atoms with Crippen LogP contribution in [0.25, 0.3) is 17.7 Å². The molecule has 1 unspecified atom stereocenters. The van der Waals surface area contributed by atoms with Crippen LogP contribution in [0.15, 0.2) is 72.8 Å². The van der Waals surface area contributed by atoms with Crippen molar-refractivity contribution in [3.63, 3.8) is 0 Å². The highest BCUT2D eigenvalue weighted by atomic mass is 35.5. The minimum atomic E-state index is -0.0710. The van der Waals surface area contributed by atoms with E-state index in [-0.39, 0.29) is 11.9 Å². The molecule has 0 saturated heterocycles. The zero-order valence-corrected chi connectivity index (χ0v) is 16.2. The average molecular weight is 400 g/mol. The van der Waals surface area contributed by atoms with Gasteiger partial charge in [0, 0.05) is 21.8 Å². The van der Waals surface area contributed by atoms with Gasteiger partial charge in [-0.1, -0.05) is 72.3 Å². The summed E-state index contributed by atoms with van der Waals surface area (Å²) >= 11 is 6.23. The van der Waals surface area contributed by atoms with Crippen LogP contribution in [0.2, 0.25) is 5.02 Å². The standard InChI is InChI=1S/C24H18ClN3O/c25-20-7-3-1-5-16(20)10-12-22-18-11-9-15(14-23(18)28-27-22)13-19-17-6-2-4-8-21(17)26-24(19)29/h1-14,22,27-28H,(H,26,29). The Kier molecular flexibility index (Phi) is 4.43. The van der Waals surface area contributed by atoms with Crippen molar-refractivity contribution in [1.82, 2.24) is 5.43 Å². The Hall–Kier alpha value is -3.34. The molecule has 0 saturated carbocycles. The molecule has 3 aromatic rings. The zero-order chi connectivity index (χ0) is 19.8. The van der Waals surface area contributed by atoms with Crippen molar-refractivity contribution in [2.75, 3.05) is 10.7 Å². The minimum absolute atomic E-state index is 0.0403. The van der Waals surface area contributed by atoms with Crippen molar-refractivity contribution in [3.8, 4) is 0 Å². The lowest BCUT2D eigenvalue weighted by molar-refractivity contribution is -0.110. The molecule has 2 aliphatic heterocycles. The topological polar surface area (TPSA) is 53.2 Å². The van der Waals surface area contributed by atoms with E-state index in [2.05, 4.69) is 28.3 Å². The van der Waals surface area contributed by atoms with Gasteiger partial charge in [-0.2, -0.15) is 0 Å². The fourth-order valence-corrected chi connectivity index (χ4v) is 3.89. The molecule has 0 radical (unpaired) electrons. The highest BCUT2D eigenvalue weighted by molar-refractivity contribution is 6.35. The van der Waals surface area contributed by atoms with Crippen molar-refractivity contribution in [2.24, 2.45) is 0 Å². The lowest BCUT2D eigenvalue weighted by Crippen LogP contribution is -2.16. The molecule has 0 aromatic heterocycles. The molecule has 0 fully saturated rings. The van der Waals surface area contributed by atoms with Crippen LogP contribution >= 0.6 is 11.6 Å². The summed E-state index contributed by atoms with van der Waals surface area (Å²) in [5, 5.41) is 3.64. The van der Waals surface area contributed by atoms with Crippen molar-refractivity contribution in [3.05, 3.63) is 100 Å². The van der Waals surface area contributed by atoms with Gasteiger partial charge in [0.1, 0.15) is 0 Å². The fraction of sp³-hybridized carbons (Fsp3) is 0.0417. The highest BCUT2D eigenvalue weighted by Crippen LogP contribution is 2.35. The maximum absolute atomic E-state index is 12.3. The van der Waals surface area contributed by atoms with Gasteiger partial charge in [-0.15, -0.1) is 0 Å². The van der Waals surface area contributed by atoms with E-state index < -0.39 is 0 Å². The number of fused-ring (bicyclic) bond motifs is 2. The third-order valence-electron chi connectivity index (χ3n) is 5.17. The number of rotatable bonds is 3. The summed E-state index contributed by atoms with van der Waals surface area (Å²) in [4.78, 5) is 12.3. The summed E-state index contributed by atoms with van der Waals surface area (Å²) in [6, 6.07) is 21.7. The zero-order valence-electron chi connectivity index (χ0n) is 15.4. The Morgan fingerprint density at radius 3 is 2.66 bits per heavy atom. The molecule has 29 heavy (non-hydrogen) atoms. The normalized spacial score (nSPS) is 18.6. The van der Waals surface area contributed by atoms with E-state index in [0.29, 0.717) is 5.57 Å². The van der Waals surface area contributed by atoms with Gasteiger partial charge in [-0.25, -0.2) is 5.43 Å². The molecule has 5 heteroatoms. The Morgan fingerprint density at radius 2 is 1.76 bits per heavy atom. The maximum Gasteiger partial charge on any atom is 0.256 e. The Labute approximate surface area is 173 Å². The first-order valence-electron chi connectivity index (χ1n) is 9.40. The molecule has 0 spiro atoms. The van der Waals surface area contributed by atoms with Gasteiger partial charge in [0.2, 0.25) is 0 Å². The summed E-state index contributed by atoms with van der Waals surface area (Å²) < 4.78 is 0. The van der Waals surface area contributed by atoms with Crippen LogP contribution in [0.3, 0.4) is 0 Å². The van der Waals surface area contributed by atoms with Crippen LogP contribution in [-0.2, 0) is 4.79 Å². The number of amides is 1. The van der Waals surface area contributed by atoms with E-state index >= 15 is 0 Å². The van der Waals surface area contributed by atoms with Crippen molar-refractivity contribution in [2.45, 2.75) is 6.04 Å². The number of hydrogen-bond donors (Lipinski definition) is 3. The lowest BCUT2D eigenvalue weighted by Gasteiger charge is -2.06. The number of para-hydroxylation sites is 1. The van der Waals surface area contributed by atoms with Crippen LogP contribution in [0.4, 0.5) is 11.4 Å². The first-order valence-corrected chi connectivity index (χ1v) is 9.77.